The van der Waals surface area contributed by atoms with Gasteiger partial charge in [-0.05, 0) is 28.0 Å². The van der Waals surface area contributed by atoms with Crippen LogP contribution >= 0.6 is 0 Å². The second-order valence-corrected chi connectivity index (χ2v) is 3.65. The number of rotatable bonds is 4. The van der Waals surface area contributed by atoms with E-state index in [9.17, 15) is 0 Å². The molecule has 0 aliphatic rings. The Morgan fingerprint density at radius 3 is 2.44 bits per heavy atom. The second-order valence-electron chi connectivity index (χ2n) is 3.65. The molecule has 0 atom stereocenters. The van der Waals surface area contributed by atoms with Crippen LogP contribution in [-0.2, 0) is 20.0 Å². The maximum atomic E-state index is 3.86. The van der Waals surface area contributed by atoms with Crippen LogP contribution in [0.1, 0.15) is 18.1 Å². The van der Waals surface area contributed by atoms with Gasteiger partial charge in [0.05, 0.1) is 0 Å². The Morgan fingerprint density at radius 1 is 1.19 bits per heavy atom. The van der Waals surface area contributed by atoms with Gasteiger partial charge < -0.3 is 5.32 Å². The van der Waals surface area contributed by atoms with Crippen molar-refractivity contribution in [1.29, 1.82) is 0 Å². The van der Waals surface area contributed by atoms with E-state index >= 15 is 0 Å². The fourth-order valence-electron chi connectivity index (χ4n) is 1.45. The number of nitrogens with one attached hydrogen (secondary N) is 1. The molecule has 1 aromatic heterocycles. The first-order valence-electron chi connectivity index (χ1n) is 5.33. The van der Waals surface area contributed by atoms with Crippen molar-refractivity contribution in [3.63, 3.8) is 0 Å². The number of aromatic nitrogens is 4. The van der Waals surface area contributed by atoms with Crippen LogP contribution in [0.5, 0.6) is 0 Å². The van der Waals surface area contributed by atoms with Crippen LogP contribution in [-0.4, -0.2) is 20.2 Å². The molecule has 0 unspecified atom stereocenters. The first kappa shape index (κ1) is 10.6. The van der Waals surface area contributed by atoms with Gasteiger partial charge >= 0.3 is 0 Å². The summed E-state index contributed by atoms with van der Waals surface area (Å²) in [6, 6.07) is 8.53. The van der Waals surface area contributed by atoms with Gasteiger partial charge in [-0.25, -0.2) is 4.68 Å². The van der Waals surface area contributed by atoms with Crippen molar-refractivity contribution in [3.8, 4) is 0 Å². The second kappa shape index (κ2) is 4.74. The summed E-state index contributed by atoms with van der Waals surface area (Å²) in [5.74, 6) is 0.680. The van der Waals surface area contributed by atoms with E-state index in [2.05, 4.69) is 52.0 Å². The molecule has 2 rings (SSSR count). The molecule has 0 aliphatic carbocycles. The van der Waals surface area contributed by atoms with Gasteiger partial charge in [0.2, 0.25) is 5.95 Å². The molecule has 1 heterocycles. The highest BCUT2D eigenvalue weighted by molar-refractivity contribution is 5.28. The SMILES string of the molecule is CCc1ccc(CNc2nnnn2C)cc1. The summed E-state index contributed by atoms with van der Waals surface area (Å²) in [6.45, 7) is 2.89. The molecule has 0 fully saturated rings. The average Bonchev–Trinajstić information content (AvgIpc) is 2.73. The molecule has 1 N–H and O–H groups in total. The molecule has 5 nitrogen and oxygen atoms in total. The molecule has 0 aliphatic heterocycles. The third-order valence-electron chi connectivity index (χ3n) is 2.50. The van der Waals surface area contributed by atoms with Crippen LogP contribution < -0.4 is 5.32 Å². The summed E-state index contributed by atoms with van der Waals surface area (Å²) in [4.78, 5) is 0. The predicted molar refractivity (Wildman–Crippen MR) is 61.9 cm³/mol. The number of aryl methyl sites for hydroxylation is 2. The fourth-order valence-corrected chi connectivity index (χ4v) is 1.45. The zero-order valence-corrected chi connectivity index (χ0v) is 9.51. The van der Waals surface area contributed by atoms with E-state index in [1.807, 2.05) is 7.05 Å². The number of tetrazole rings is 1. The lowest BCUT2D eigenvalue weighted by Crippen LogP contribution is -2.05. The van der Waals surface area contributed by atoms with Crippen molar-refractivity contribution in [2.75, 3.05) is 5.32 Å². The van der Waals surface area contributed by atoms with Crippen LogP contribution in [0.15, 0.2) is 24.3 Å². The molecule has 5 heteroatoms. The Hall–Kier alpha value is -1.91. The van der Waals surface area contributed by atoms with Gasteiger partial charge in [-0.1, -0.05) is 36.3 Å². The number of nitrogens with zero attached hydrogens (tertiary/aromatic N) is 4. The van der Waals surface area contributed by atoms with E-state index < -0.39 is 0 Å². The molecule has 0 amide bonds. The van der Waals surface area contributed by atoms with E-state index in [1.54, 1.807) is 4.68 Å². The maximum Gasteiger partial charge on any atom is 0.242 e. The Balaban J connectivity index is 1.97. The minimum atomic E-state index is 0.680. The van der Waals surface area contributed by atoms with E-state index in [4.69, 9.17) is 0 Å². The quantitative estimate of drug-likeness (QED) is 0.840. The summed E-state index contributed by atoms with van der Waals surface area (Å²) in [5.41, 5.74) is 2.57. The van der Waals surface area contributed by atoms with Gasteiger partial charge in [0.15, 0.2) is 0 Å². The number of hydrogen-bond donors (Lipinski definition) is 1. The highest BCUT2D eigenvalue weighted by Gasteiger charge is 2.00. The largest absolute Gasteiger partial charge is 0.349 e. The van der Waals surface area contributed by atoms with Crippen LogP contribution in [0.25, 0.3) is 0 Å². The lowest BCUT2D eigenvalue weighted by molar-refractivity contribution is 0.712. The molecule has 84 valence electrons. The minimum absolute atomic E-state index is 0.680. The summed E-state index contributed by atoms with van der Waals surface area (Å²) < 4.78 is 1.61. The maximum absolute atomic E-state index is 3.86. The van der Waals surface area contributed by atoms with Gasteiger partial charge in [-0.2, -0.15) is 0 Å². The van der Waals surface area contributed by atoms with Crippen molar-refractivity contribution >= 4 is 5.95 Å². The summed E-state index contributed by atoms with van der Waals surface area (Å²) >= 11 is 0. The van der Waals surface area contributed by atoms with Crippen LogP contribution in [0, 0.1) is 0 Å². The van der Waals surface area contributed by atoms with Gasteiger partial charge in [0, 0.05) is 13.6 Å². The minimum Gasteiger partial charge on any atom is -0.349 e. The van der Waals surface area contributed by atoms with Crippen molar-refractivity contribution < 1.29 is 0 Å². The first-order chi connectivity index (χ1) is 7.79. The molecule has 0 spiro atoms. The Labute approximate surface area is 94.5 Å². The standard InChI is InChI=1S/C11H15N5/c1-3-9-4-6-10(7-5-9)8-12-11-13-14-15-16(11)2/h4-7H,3,8H2,1-2H3,(H,12,13,15). The highest BCUT2D eigenvalue weighted by Crippen LogP contribution is 2.07. The van der Waals surface area contributed by atoms with Crippen molar-refractivity contribution in [3.05, 3.63) is 35.4 Å². The van der Waals surface area contributed by atoms with Crippen molar-refractivity contribution in [1.82, 2.24) is 20.2 Å². The molecule has 0 saturated carbocycles. The van der Waals surface area contributed by atoms with Gasteiger partial charge in [-0.3, -0.25) is 0 Å². The Morgan fingerprint density at radius 2 is 1.88 bits per heavy atom. The molecule has 0 bridgehead atoms. The topological polar surface area (TPSA) is 55.6 Å². The summed E-state index contributed by atoms with van der Waals surface area (Å²) in [6.07, 6.45) is 1.07. The van der Waals surface area contributed by atoms with E-state index in [-0.39, 0.29) is 0 Å². The highest BCUT2D eigenvalue weighted by atomic mass is 15.6. The normalized spacial score (nSPS) is 10.4. The monoisotopic (exact) mass is 217 g/mol. The Bertz CT molecular complexity index is 446. The molecular formula is C11H15N5. The van der Waals surface area contributed by atoms with Gasteiger partial charge in [-0.15, -0.1) is 0 Å². The fraction of sp³-hybridized carbons (Fsp3) is 0.364. The molecule has 0 saturated heterocycles. The smallest absolute Gasteiger partial charge is 0.242 e. The number of benzene rings is 1. The van der Waals surface area contributed by atoms with E-state index in [0.29, 0.717) is 5.95 Å². The molecule has 16 heavy (non-hydrogen) atoms. The predicted octanol–water partition coefficient (Wildman–Crippen LogP) is 1.38. The third-order valence-corrected chi connectivity index (χ3v) is 2.50. The van der Waals surface area contributed by atoms with Crippen molar-refractivity contribution in [2.45, 2.75) is 19.9 Å². The number of anilines is 1. The average molecular weight is 217 g/mol. The van der Waals surface area contributed by atoms with Crippen LogP contribution in [0.4, 0.5) is 5.95 Å². The lowest BCUT2D eigenvalue weighted by atomic mass is 10.1. The van der Waals surface area contributed by atoms with Gasteiger partial charge in [0.1, 0.15) is 0 Å². The molecule has 2 aromatic rings. The zero-order valence-electron chi connectivity index (χ0n) is 9.51. The van der Waals surface area contributed by atoms with E-state index in [1.165, 1.54) is 11.1 Å². The molecule has 0 radical (unpaired) electrons. The van der Waals surface area contributed by atoms with Gasteiger partial charge in [0.25, 0.3) is 0 Å². The van der Waals surface area contributed by atoms with E-state index in [0.717, 1.165) is 13.0 Å². The first-order valence-corrected chi connectivity index (χ1v) is 5.33. The van der Waals surface area contributed by atoms with Crippen LogP contribution in [0.3, 0.4) is 0 Å². The van der Waals surface area contributed by atoms with Crippen molar-refractivity contribution in [2.24, 2.45) is 7.05 Å². The third kappa shape index (κ3) is 2.36. The summed E-state index contributed by atoms with van der Waals surface area (Å²) in [5, 5.41) is 14.3. The number of hydrogen-bond acceptors (Lipinski definition) is 4. The Kier molecular flexibility index (Phi) is 3.14. The molecule has 1 aromatic carbocycles. The molecular weight excluding hydrogens is 202 g/mol. The van der Waals surface area contributed by atoms with Crippen LogP contribution in [0.2, 0.25) is 0 Å². The summed E-state index contributed by atoms with van der Waals surface area (Å²) in [7, 11) is 1.81. The zero-order chi connectivity index (χ0) is 11.4. The lowest BCUT2D eigenvalue weighted by Gasteiger charge is -2.04.